The summed E-state index contributed by atoms with van der Waals surface area (Å²) in [6, 6.07) is 0. The summed E-state index contributed by atoms with van der Waals surface area (Å²) < 4.78 is 0. The van der Waals surface area contributed by atoms with Gasteiger partial charge in [-0.05, 0) is 27.7 Å². The zero-order valence-electron chi connectivity index (χ0n) is 7.38. The molecule has 0 aliphatic carbocycles. The Morgan fingerprint density at radius 1 is 1.36 bits per heavy atom. The number of amidine groups is 1. The molecule has 0 saturated heterocycles. The van der Waals surface area contributed by atoms with Gasteiger partial charge in [0.05, 0.1) is 0 Å². The third kappa shape index (κ3) is 1.02. The van der Waals surface area contributed by atoms with Crippen LogP contribution in [0.2, 0.25) is 0 Å². The molecule has 0 aromatic rings. The van der Waals surface area contributed by atoms with Crippen molar-refractivity contribution in [1.82, 2.24) is 5.06 Å². The minimum Gasteiger partial charge on any atom is -0.386 e. The molecule has 0 spiro atoms. The molecular formula is C7H14N3O. The minimum absolute atomic E-state index is 0.414. The summed E-state index contributed by atoms with van der Waals surface area (Å²) in [6.07, 6.45) is 0. The zero-order chi connectivity index (χ0) is 8.86. The van der Waals surface area contributed by atoms with Gasteiger partial charge in [0, 0.05) is 0 Å². The Hall–Kier alpha value is -0.610. The molecule has 4 heteroatoms. The highest BCUT2D eigenvalue weighted by Gasteiger charge is 2.47. The van der Waals surface area contributed by atoms with Gasteiger partial charge < -0.3 is 5.73 Å². The van der Waals surface area contributed by atoms with E-state index < -0.39 is 11.2 Å². The quantitative estimate of drug-likeness (QED) is 0.555. The van der Waals surface area contributed by atoms with Crippen LogP contribution in [0.15, 0.2) is 4.99 Å². The predicted octanol–water partition coefficient (Wildman–Crippen LogP) is 0.519. The summed E-state index contributed by atoms with van der Waals surface area (Å²) >= 11 is 0. The minimum atomic E-state index is -0.701. The third-order valence-corrected chi connectivity index (χ3v) is 2.03. The zero-order valence-corrected chi connectivity index (χ0v) is 7.38. The number of hydroxylamine groups is 2. The lowest BCUT2D eigenvalue weighted by atomic mass is 10.0. The first kappa shape index (κ1) is 8.49. The highest BCUT2D eigenvalue weighted by Crippen LogP contribution is 2.31. The second kappa shape index (κ2) is 1.95. The molecule has 0 bridgehead atoms. The molecular weight excluding hydrogens is 142 g/mol. The summed E-state index contributed by atoms with van der Waals surface area (Å²) in [4.78, 5) is 4.06. The number of nitrogens with two attached hydrogens (primary N) is 1. The van der Waals surface area contributed by atoms with Crippen molar-refractivity contribution in [3.63, 3.8) is 0 Å². The van der Waals surface area contributed by atoms with E-state index in [2.05, 4.69) is 4.99 Å². The Balaban J connectivity index is 3.04. The van der Waals surface area contributed by atoms with Crippen LogP contribution in [0.1, 0.15) is 27.7 Å². The summed E-state index contributed by atoms with van der Waals surface area (Å²) in [7, 11) is 0. The Kier molecular flexibility index (Phi) is 1.51. The van der Waals surface area contributed by atoms with Crippen LogP contribution in [0, 0.1) is 0 Å². The van der Waals surface area contributed by atoms with Crippen LogP contribution in [-0.4, -0.2) is 22.1 Å². The average molecular weight is 156 g/mol. The highest BCUT2D eigenvalue weighted by atomic mass is 16.5. The lowest BCUT2D eigenvalue weighted by Gasteiger charge is -2.30. The molecule has 1 rings (SSSR count). The summed E-state index contributed by atoms with van der Waals surface area (Å²) in [5.74, 6) is 0.414. The normalized spacial score (nSPS) is 28.6. The molecule has 1 aliphatic rings. The van der Waals surface area contributed by atoms with E-state index in [1.54, 1.807) is 27.7 Å². The monoisotopic (exact) mass is 156 g/mol. The largest absolute Gasteiger partial charge is 0.386 e. The van der Waals surface area contributed by atoms with Crippen molar-refractivity contribution in [1.29, 1.82) is 0 Å². The van der Waals surface area contributed by atoms with Gasteiger partial charge in [-0.2, -0.15) is 0 Å². The van der Waals surface area contributed by atoms with Gasteiger partial charge in [-0.15, -0.1) is 10.3 Å². The van der Waals surface area contributed by atoms with Crippen molar-refractivity contribution in [3.8, 4) is 0 Å². The van der Waals surface area contributed by atoms with Crippen LogP contribution in [0.5, 0.6) is 0 Å². The fourth-order valence-corrected chi connectivity index (χ4v) is 1.27. The summed E-state index contributed by atoms with van der Waals surface area (Å²) in [5, 5.41) is 12.4. The van der Waals surface area contributed by atoms with Crippen LogP contribution < -0.4 is 5.73 Å². The van der Waals surface area contributed by atoms with Crippen LogP contribution in [0.3, 0.4) is 0 Å². The number of hydrogen-bond donors (Lipinski definition) is 1. The van der Waals surface area contributed by atoms with E-state index in [0.717, 1.165) is 5.06 Å². The van der Waals surface area contributed by atoms with E-state index in [9.17, 15) is 5.21 Å². The molecule has 0 aromatic carbocycles. The Labute approximate surface area is 66.7 Å². The van der Waals surface area contributed by atoms with E-state index in [1.807, 2.05) is 0 Å². The second-order valence-corrected chi connectivity index (χ2v) is 3.84. The maximum absolute atomic E-state index is 11.5. The third-order valence-electron chi connectivity index (χ3n) is 2.03. The van der Waals surface area contributed by atoms with Gasteiger partial charge in [-0.1, -0.05) is 0 Å². The topological polar surface area (TPSA) is 61.5 Å². The molecule has 0 fully saturated rings. The first-order valence-corrected chi connectivity index (χ1v) is 3.62. The lowest BCUT2D eigenvalue weighted by Crippen LogP contribution is -2.50. The van der Waals surface area contributed by atoms with Crippen molar-refractivity contribution in [3.05, 3.63) is 0 Å². The SMILES string of the molecule is CC1(C)N=C(N)C(C)(C)N1[O]. The number of hydrogen-bond acceptors (Lipinski definition) is 3. The van der Waals surface area contributed by atoms with Gasteiger partial charge in [0.15, 0.2) is 0 Å². The van der Waals surface area contributed by atoms with E-state index in [4.69, 9.17) is 5.73 Å². The van der Waals surface area contributed by atoms with Gasteiger partial charge >= 0.3 is 0 Å². The molecule has 63 valence electrons. The Bertz CT molecular complexity index is 208. The molecule has 0 amide bonds. The van der Waals surface area contributed by atoms with Crippen LogP contribution >= 0.6 is 0 Å². The molecule has 0 atom stereocenters. The summed E-state index contributed by atoms with van der Waals surface area (Å²) in [5.41, 5.74) is 4.24. The fraction of sp³-hybridized carbons (Fsp3) is 0.857. The maximum atomic E-state index is 11.5. The van der Waals surface area contributed by atoms with Crippen LogP contribution in [0.25, 0.3) is 0 Å². The maximum Gasteiger partial charge on any atom is 0.136 e. The molecule has 0 unspecified atom stereocenters. The molecule has 1 aliphatic heterocycles. The number of nitrogens with zero attached hydrogens (tertiary/aromatic N) is 2. The molecule has 11 heavy (non-hydrogen) atoms. The molecule has 1 radical (unpaired) electrons. The van der Waals surface area contributed by atoms with Gasteiger partial charge in [0.2, 0.25) is 0 Å². The first-order chi connectivity index (χ1) is 4.78. The van der Waals surface area contributed by atoms with Crippen LogP contribution in [0.4, 0.5) is 0 Å². The van der Waals surface area contributed by atoms with Gasteiger partial charge in [0.25, 0.3) is 0 Å². The van der Waals surface area contributed by atoms with Gasteiger partial charge in [-0.25, -0.2) is 4.99 Å². The van der Waals surface area contributed by atoms with Crippen molar-refractivity contribution in [2.45, 2.75) is 38.9 Å². The van der Waals surface area contributed by atoms with Crippen LogP contribution in [-0.2, 0) is 5.21 Å². The lowest BCUT2D eigenvalue weighted by molar-refractivity contribution is -0.241. The Morgan fingerprint density at radius 2 is 1.82 bits per heavy atom. The van der Waals surface area contributed by atoms with E-state index in [1.165, 1.54) is 0 Å². The number of rotatable bonds is 0. The van der Waals surface area contributed by atoms with E-state index in [0.29, 0.717) is 5.84 Å². The van der Waals surface area contributed by atoms with Crippen molar-refractivity contribution in [2.75, 3.05) is 0 Å². The average Bonchev–Trinajstić information content (AvgIpc) is 1.94. The van der Waals surface area contributed by atoms with Gasteiger partial charge in [-0.3, -0.25) is 0 Å². The van der Waals surface area contributed by atoms with E-state index in [-0.39, 0.29) is 0 Å². The fourth-order valence-electron chi connectivity index (χ4n) is 1.27. The highest BCUT2D eigenvalue weighted by molar-refractivity contribution is 5.91. The van der Waals surface area contributed by atoms with Gasteiger partial charge in [0.1, 0.15) is 17.0 Å². The Morgan fingerprint density at radius 3 is 1.91 bits per heavy atom. The number of aliphatic imine (C=N–C) groups is 1. The predicted molar refractivity (Wildman–Crippen MR) is 42.3 cm³/mol. The molecule has 0 aromatic heterocycles. The summed E-state index contributed by atoms with van der Waals surface area (Å²) in [6.45, 7) is 7.05. The smallest absolute Gasteiger partial charge is 0.136 e. The standard InChI is InChI=1S/C7H14N3O/c1-6(2)5(8)9-7(3,4)10(6)11/h1-4H3,(H2,8,9). The first-order valence-electron chi connectivity index (χ1n) is 3.62. The molecule has 4 nitrogen and oxygen atoms in total. The van der Waals surface area contributed by atoms with Crippen molar-refractivity contribution >= 4 is 5.84 Å². The second-order valence-electron chi connectivity index (χ2n) is 3.84. The molecule has 2 N–H and O–H groups in total. The van der Waals surface area contributed by atoms with E-state index >= 15 is 0 Å². The molecule has 1 heterocycles. The van der Waals surface area contributed by atoms with Crippen molar-refractivity contribution in [2.24, 2.45) is 10.7 Å². The molecule has 0 saturated carbocycles. The van der Waals surface area contributed by atoms with Crippen molar-refractivity contribution < 1.29 is 5.21 Å².